The zero-order chi connectivity index (χ0) is 10.7. The Kier molecular flexibility index (Phi) is 3.62. The third-order valence-corrected chi connectivity index (χ3v) is 4.31. The maximum absolute atomic E-state index is 4.65. The number of aromatic nitrogens is 1. The Morgan fingerprint density at radius 3 is 2.67 bits per heavy atom. The molecule has 1 aliphatic heterocycles. The van der Waals surface area contributed by atoms with Crippen molar-refractivity contribution in [3.63, 3.8) is 0 Å². The van der Waals surface area contributed by atoms with E-state index in [2.05, 4.69) is 29.1 Å². The van der Waals surface area contributed by atoms with E-state index in [-0.39, 0.29) is 0 Å². The van der Waals surface area contributed by atoms with E-state index < -0.39 is 0 Å². The molecule has 0 spiro atoms. The van der Waals surface area contributed by atoms with Crippen molar-refractivity contribution in [2.75, 3.05) is 18.0 Å². The van der Waals surface area contributed by atoms with Gasteiger partial charge in [0.25, 0.3) is 0 Å². The zero-order valence-electron chi connectivity index (χ0n) is 9.70. The van der Waals surface area contributed by atoms with E-state index in [1.165, 1.54) is 43.2 Å². The molecule has 0 unspecified atom stereocenters. The molecule has 0 saturated carbocycles. The maximum Gasteiger partial charge on any atom is 0.185 e. The summed E-state index contributed by atoms with van der Waals surface area (Å²) in [5.74, 6) is 0.951. The molecule has 0 aromatic carbocycles. The third-order valence-electron chi connectivity index (χ3n) is 3.36. The lowest BCUT2D eigenvalue weighted by Gasteiger charge is -2.31. The smallest absolute Gasteiger partial charge is 0.185 e. The molecular weight excluding hydrogens is 204 g/mol. The number of rotatable bonds is 3. The van der Waals surface area contributed by atoms with Crippen LogP contribution in [0.5, 0.6) is 0 Å². The summed E-state index contributed by atoms with van der Waals surface area (Å²) in [5.41, 5.74) is 1.24. The molecule has 1 fully saturated rings. The van der Waals surface area contributed by atoms with Crippen LogP contribution in [0.25, 0.3) is 0 Å². The van der Waals surface area contributed by atoms with E-state index in [4.69, 9.17) is 0 Å². The quantitative estimate of drug-likeness (QED) is 0.783. The van der Waals surface area contributed by atoms with Crippen LogP contribution in [0.4, 0.5) is 5.13 Å². The molecular formula is C12H20N2S. The van der Waals surface area contributed by atoms with E-state index in [0.29, 0.717) is 0 Å². The second-order valence-electron chi connectivity index (χ2n) is 4.31. The summed E-state index contributed by atoms with van der Waals surface area (Å²) in [7, 11) is 0. The van der Waals surface area contributed by atoms with Crippen LogP contribution in [0.15, 0.2) is 5.38 Å². The van der Waals surface area contributed by atoms with Gasteiger partial charge in [0.05, 0.1) is 5.69 Å². The van der Waals surface area contributed by atoms with Crippen molar-refractivity contribution >= 4 is 16.5 Å². The van der Waals surface area contributed by atoms with Crippen LogP contribution < -0.4 is 4.90 Å². The average molecular weight is 224 g/mol. The highest BCUT2D eigenvalue weighted by Crippen LogP contribution is 2.27. The highest BCUT2D eigenvalue weighted by Gasteiger charge is 2.19. The minimum absolute atomic E-state index is 0.951. The van der Waals surface area contributed by atoms with Crippen molar-refractivity contribution in [2.45, 2.75) is 39.5 Å². The third kappa shape index (κ3) is 2.51. The number of aryl methyl sites for hydroxylation is 1. The summed E-state index contributed by atoms with van der Waals surface area (Å²) in [6.45, 7) is 6.88. The number of anilines is 1. The lowest BCUT2D eigenvalue weighted by Crippen LogP contribution is -2.33. The summed E-state index contributed by atoms with van der Waals surface area (Å²) >= 11 is 1.80. The Morgan fingerprint density at radius 1 is 1.40 bits per heavy atom. The molecule has 2 rings (SSSR count). The van der Waals surface area contributed by atoms with Gasteiger partial charge in [-0.2, -0.15) is 0 Å². The Morgan fingerprint density at radius 2 is 2.13 bits per heavy atom. The second kappa shape index (κ2) is 4.97. The van der Waals surface area contributed by atoms with Crippen LogP contribution in [-0.4, -0.2) is 18.1 Å². The van der Waals surface area contributed by atoms with Gasteiger partial charge in [-0.05, 0) is 25.2 Å². The van der Waals surface area contributed by atoms with Gasteiger partial charge in [-0.15, -0.1) is 11.3 Å². The molecule has 3 heteroatoms. The highest BCUT2D eigenvalue weighted by molar-refractivity contribution is 7.13. The van der Waals surface area contributed by atoms with Crippen molar-refractivity contribution in [3.05, 3.63) is 11.1 Å². The second-order valence-corrected chi connectivity index (χ2v) is 5.15. The molecule has 1 aliphatic rings. The van der Waals surface area contributed by atoms with Crippen molar-refractivity contribution in [3.8, 4) is 0 Å². The largest absolute Gasteiger partial charge is 0.348 e. The van der Waals surface area contributed by atoms with Crippen molar-refractivity contribution in [1.29, 1.82) is 0 Å². The Hall–Kier alpha value is -0.570. The van der Waals surface area contributed by atoms with E-state index in [1.54, 1.807) is 11.3 Å². The predicted molar refractivity (Wildman–Crippen MR) is 66.7 cm³/mol. The molecule has 2 heterocycles. The number of nitrogens with zero attached hydrogens (tertiary/aromatic N) is 2. The fraction of sp³-hybridized carbons (Fsp3) is 0.750. The normalized spacial score (nSPS) is 18.4. The Bertz CT molecular complexity index is 300. The van der Waals surface area contributed by atoms with Gasteiger partial charge in [-0.25, -0.2) is 4.98 Å². The summed E-state index contributed by atoms with van der Waals surface area (Å²) in [6, 6.07) is 0. The maximum atomic E-state index is 4.65. The molecule has 0 radical (unpaired) electrons. The standard InChI is InChI=1S/C12H20N2S/c1-3-10-5-7-14(8-6-10)12-13-11(4-2)9-15-12/h9-10H,3-8H2,1-2H3. The van der Waals surface area contributed by atoms with Crippen LogP contribution in [-0.2, 0) is 6.42 Å². The van der Waals surface area contributed by atoms with E-state index in [9.17, 15) is 0 Å². The lowest BCUT2D eigenvalue weighted by atomic mass is 9.95. The fourth-order valence-electron chi connectivity index (χ4n) is 2.14. The molecule has 0 atom stereocenters. The summed E-state index contributed by atoms with van der Waals surface area (Å²) in [4.78, 5) is 7.10. The summed E-state index contributed by atoms with van der Waals surface area (Å²) in [5, 5.41) is 3.43. The minimum atomic E-state index is 0.951. The first-order valence-electron chi connectivity index (χ1n) is 6.02. The summed E-state index contributed by atoms with van der Waals surface area (Å²) in [6.07, 6.45) is 5.09. The number of hydrogen-bond donors (Lipinski definition) is 0. The van der Waals surface area contributed by atoms with E-state index >= 15 is 0 Å². The average Bonchev–Trinajstić information content (AvgIpc) is 2.78. The number of thiazole rings is 1. The molecule has 1 aromatic rings. The van der Waals surface area contributed by atoms with Gasteiger partial charge >= 0.3 is 0 Å². The molecule has 15 heavy (non-hydrogen) atoms. The molecule has 0 aliphatic carbocycles. The molecule has 0 amide bonds. The van der Waals surface area contributed by atoms with Crippen LogP contribution in [0.2, 0.25) is 0 Å². The Labute approximate surface area is 96.3 Å². The zero-order valence-corrected chi connectivity index (χ0v) is 10.5. The first-order chi connectivity index (χ1) is 7.33. The van der Waals surface area contributed by atoms with Gasteiger partial charge in [0.15, 0.2) is 5.13 Å². The highest BCUT2D eigenvalue weighted by atomic mass is 32.1. The first-order valence-corrected chi connectivity index (χ1v) is 6.90. The monoisotopic (exact) mass is 224 g/mol. The van der Waals surface area contributed by atoms with Crippen molar-refractivity contribution in [1.82, 2.24) is 4.98 Å². The van der Waals surface area contributed by atoms with E-state index in [0.717, 1.165) is 12.3 Å². The summed E-state index contributed by atoms with van der Waals surface area (Å²) < 4.78 is 0. The van der Waals surface area contributed by atoms with Crippen LogP contribution in [0.3, 0.4) is 0 Å². The first kappa shape index (κ1) is 10.9. The number of hydrogen-bond acceptors (Lipinski definition) is 3. The minimum Gasteiger partial charge on any atom is -0.348 e. The van der Waals surface area contributed by atoms with Crippen LogP contribution in [0.1, 0.15) is 38.8 Å². The molecule has 0 bridgehead atoms. The molecule has 84 valence electrons. The van der Waals surface area contributed by atoms with Crippen LogP contribution >= 0.6 is 11.3 Å². The molecule has 2 nitrogen and oxygen atoms in total. The molecule has 0 N–H and O–H groups in total. The van der Waals surface area contributed by atoms with Gasteiger partial charge < -0.3 is 4.90 Å². The van der Waals surface area contributed by atoms with Crippen molar-refractivity contribution < 1.29 is 0 Å². The predicted octanol–water partition coefficient (Wildman–Crippen LogP) is 3.33. The molecule has 1 aromatic heterocycles. The van der Waals surface area contributed by atoms with Gasteiger partial charge in [0.2, 0.25) is 0 Å². The lowest BCUT2D eigenvalue weighted by molar-refractivity contribution is 0.395. The van der Waals surface area contributed by atoms with Crippen LogP contribution in [0, 0.1) is 5.92 Å². The SMILES string of the molecule is CCc1csc(N2CCC(CC)CC2)n1. The molecule has 1 saturated heterocycles. The van der Waals surface area contributed by atoms with Gasteiger partial charge in [-0.3, -0.25) is 0 Å². The van der Waals surface area contributed by atoms with Crippen molar-refractivity contribution in [2.24, 2.45) is 5.92 Å². The Balaban J connectivity index is 1.95. The van der Waals surface area contributed by atoms with Gasteiger partial charge in [-0.1, -0.05) is 20.3 Å². The fourth-order valence-corrected chi connectivity index (χ4v) is 3.10. The van der Waals surface area contributed by atoms with Gasteiger partial charge in [0, 0.05) is 18.5 Å². The van der Waals surface area contributed by atoms with Gasteiger partial charge in [0.1, 0.15) is 0 Å². The number of piperidine rings is 1. The topological polar surface area (TPSA) is 16.1 Å². The van der Waals surface area contributed by atoms with E-state index in [1.807, 2.05) is 0 Å².